The Morgan fingerprint density at radius 3 is 2.53 bits per heavy atom. The molecule has 1 amide bonds. The van der Waals surface area contributed by atoms with Gasteiger partial charge in [-0.25, -0.2) is 0 Å². The second-order valence-corrected chi connectivity index (χ2v) is 10.1. The van der Waals surface area contributed by atoms with Crippen molar-refractivity contribution in [3.8, 4) is 17.2 Å². The Labute approximate surface area is 232 Å². The molecule has 38 heavy (non-hydrogen) atoms. The third-order valence-corrected chi connectivity index (χ3v) is 7.20. The Balaban J connectivity index is 1.33. The summed E-state index contributed by atoms with van der Waals surface area (Å²) >= 11 is 4.81. The van der Waals surface area contributed by atoms with E-state index < -0.39 is 5.91 Å². The fourth-order valence-corrected chi connectivity index (χ4v) is 5.23. The molecule has 2 aliphatic heterocycles. The molecule has 0 fully saturated rings. The van der Waals surface area contributed by atoms with E-state index in [1.807, 2.05) is 61.5 Å². The highest BCUT2D eigenvalue weighted by molar-refractivity contribution is 9.10. The molecule has 2 aliphatic rings. The first-order valence-electron chi connectivity index (χ1n) is 11.7. The van der Waals surface area contributed by atoms with Gasteiger partial charge in [0.25, 0.3) is 5.91 Å². The second-order valence-electron chi connectivity index (χ2n) is 8.34. The highest BCUT2D eigenvalue weighted by atomic mass is 79.9. The number of benzene rings is 3. The van der Waals surface area contributed by atoms with Crippen molar-refractivity contribution in [3.63, 3.8) is 0 Å². The van der Waals surface area contributed by atoms with Crippen LogP contribution in [0.1, 0.15) is 16.7 Å². The van der Waals surface area contributed by atoms with Crippen LogP contribution in [0.5, 0.6) is 17.2 Å². The van der Waals surface area contributed by atoms with Crippen molar-refractivity contribution < 1.29 is 19.0 Å². The molecule has 3 aromatic carbocycles. The van der Waals surface area contributed by atoms with Crippen LogP contribution in [0.25, 0.3) is 6.08 Å². The molecule has 0 aromatic heterocycles. The van der Waals surface area contributed by atoms with Crippen molar-refractivity contribution in [1.29, 1.82) is 5.41 Å². The summed E-state index contributed by atoms with van der Waals surface area (Å²) in [6.45, 7) is 2.67. The van der Waals surface area contributed by atoms with Crippen molar-refractivity contribution >= 4 is 55.7 Å². The Hall–Kier alpha value is -3.89. The average molecular weight is 591 g/mol. The molecular formula is C28H23BrN4O4S. The van der Waals surface area contributed by atoms with Crippen LogP contribution in [0.15, 0.2) is 86.9 Å². The van der Waals surface area contributed by atoms with Crippen molar-refractivity contribution in [2.24, 2.45) is 10.1 Å². The number of nitrogens with one attached hydrogen (secondary N) is 1. The standard InChI is InChI=1S/C28H23BrN4O4S/c1-17-8-10-19(11-9-17)27-32-33-25(30)21(26(34)31-28(33)38-27)14-18-15-22(29)24(23(16-18)35-2)37-13-12-36-20-6-4-3-5-7-20/h3-11,14-16,30H,12-13H2,1-2H3/b21-14+,30-25?. The summed E-state index contributed by atoms with van der Waals surface area (Å²) in [6.07, 6.45) is 1.60. The third kappa shape index (κ3) is 5.51. The molecule has 8 nitrogen and oxygen atoms in total. The number of carbonyl (C=O) groups is 1. The van der Waals surface area contributed by atoms with E-state index in [1.165, 1.54) is 16.8 Å². The Kier molecular flexibility index (Phi) is 7.62. The molecule has 3 aromatic rings. The first-order chi connectivity index (χ1) is 18.4. The lowest BCUT2D eigenvalue weighted by atomic mass is 10.1. The number of fused-ring (bicyclic) bond motifs is 1. The molecule has 192 valence electrons. The van der Waals surface area contributed by atoms with Gasteiger partial charge in [-0.1, -0.05) is 48.0 Å². The summed E-state index contributed by atoms with van der Waals surface area (Å²) in [5.74, 6) is 1.22. The van der Waals surface area contributed by atoms with Crippen molar-refractivity contribution in [3.05, 3.63) is 93.5 Å². The van der Waals surface area contributed by atoms with E-state index in [0.29, 0.717) is 45.0 Å². The van der Waals surface area contributed by atoms with Gasteiger partial charge >= 0.3 is 0 Å². The fraction of sp³-hybridized carbons (Fsp3) is 0.143. The number of halogens is 1. The first-order valence-corrected chi connectivity index (χ1v) is 13.3. The molecule has 0 radical (unpaired) electrons. The van der Waals surface area contributed by atoms with E-state index in [9.17, 15) is 4.79 Å². The van der Waals surface area contributed by atoms with Gasteiger partial charge in [-0.3, -0.25) is 10.2 Å². The zero-order chi connectivity index (χ0) is 26.6. The van der Waals surface area contributed by atoms with Gasteiger partial charge in [-0.15, -0.1) is 0 Å². The van der Waals surface area contributed by atoms with Gasteiger partial charge in [0.1, 0.15) is 24.0 Å². The maximum Gasteiger partial charge on any atom is 0.283 e. The molecule has 0 spiro atoms. The van der Waals surface area contributed by atoms with Crippen LogP contribution in [0.3, 0.4) is 0 Å². The smallest absolute Gasteiger partial charge is 0.283 e. The number of carbonyl (C=O) groups excluding carboxylic acids is 1. The molecule has 0 atom stereocenters. The molecule has 0 bridgehead atoms. The van der Waals surface area contributed by atoms with Crippen molar-refractivity contribution in [1.82, 2.24) is 5.01 Å². The van der Waals surface area contributed by atoms with Crippen LogP contribution in [0.4, 0.5) is 0 Å². The molecule has 2 heterocycles. The van der Waals surface area contributed by atoms with Crippen molar-refractivity contribution in [2.45, 2.75) is 6.92 Å². The minimum absolute atomic E-state index is 0.0388. The maximum absolute atomic E-state index is 12.9. The maximum atomic E-state index is 12.9. The number of rotatable bonds is 8. The number of hydrogen-bond acceptors (Lipinski definition) is 7. The van der Waals surface area contributed by atoms with E-state index in [2.05, 4.69) is 26.0 Å². The van der Waals surface area contributed by atoms with E-state index in [1.54, 1.807) is 25.3 Å². The summed E-state index contributed by atoms with van der Waals surface area (Å²) < 4.78 is 17.8. The summed E-state index contributed by atoms with van der Waals surface area (Å²) in [5.41, 5.74) is 2.81. The largest absolute Gasteiger partial charge is 0.493 e. The number of amidine groups is 2. The fourth-order valence-electron chi connectivity index (χ4n) is 3.75. The van der Waals surface area contributed by atoms with Gasteiger partial charge in [0.05, 0.1) is 17.2 Å². The SMILES string of the molecule is COc1cc(/C=C2\C(=N)N3N=C(c4ccc(C)cc4)SC3=NC2=O)cc(Br)c1OCCOc1ccccc1. The van der Waals surface area contributed by atoms with Gasteiger partial charge in [-0.05, 0) is 70.5 Å². The summed E-state index contributed by atoms with van der Waals surface area (Å²) in [4.78, 5) is 17.1. The van der Waals surface area contributed by atoms with Crippen LogP contribution in [-0.4, -0.2) is 47.3 Å². The second kappa shape index (κ2) is 11.2. The lowest BCUT2D eigenvalue weighted by Crippen LogP contribution is -2.35. The Morgan fingerprint density at radius 2 is 1.79 bits per heavy atom. The average Bonchev–Trinajstić information content (AvgIpc) is 3.34. The summed E-state index contributed by atoms with van der Waals surface area (Å²) in [7, 11) is 1.54. The predicted octanol–water partition coefficient (Wildman–Crippen LogP) is 5.89. The van der Waals surface area contributed by atoms with Gasteiger partial charge < -0.3 is 14.2 Å². The summed E-state index contributed by atoms with van der Waals surface area (Å²) in [6, 6.07) is 20.9. The number of aryl methyl sites for hydroxylation is 1. The van der Waals surface area contributed by atoms with Gasteiger partial charge in [0, 0.05) is 5.56 Å². The van der Waals surface area contributed by atoms with Crippen LogP contribution in [-0.2, 0) is 4.79 Å². The number of ether oxygens (including phenoxy) is 3. The molecule has 0 saturated carbocycles. The molecule has 10 heteroatoms. The normalized spacial score (nSPS) is 15.8. The Bertz CT molecular complexity index is 1490. The zero-order valence-electron chi connectivity index (χ0n) is 20.6. The number of hydrogen-bond donors (Lipinski definition) is 1. The molecule has 0 unspecified atom stereocenters. The molecular weight excluding hydrogens is 568 g/mol. The lowest BCUT2D eigenvalue weighted by molar-refractivity contribution is -0.114. The molecule has 1 N–H and O–H groups in total. The van der Waals surface area contributed by atoms with Crippen LogP contribution >= 0.6 is 27.7 Å². The molecule has 0 aliphatic carbocycles. The third-order valence-electron chi connectivity index (χ3n) is 5.66. The van der Waals surface area contributed by atoms with E-state index in [4.69, 9.17) is 19.6 Å². The monoisotopic (exact) mass is 590 g/mol. The van der Waals surface area contributed by atoms with Gasteiger partial charge in [-0.2, -0.15) is 15.1 Å². The predicted molar refractivity (Wildman–Crippen MR) is 153 cm³/mol. The van der Waals surface area contributed by atoms with Gasteiger partial charge in [0.15, 0.2) is 17.3 Å². The Morgan fingerprint density at radius 1 is 1.05 bits per heavy atom. The summed E-state index contributed by atoms with van der Waals surface area (Å²) in [5, 5.41) is 15.7. The zero-order valence-corrected chi connectivity index (χ0v) is 23.0. The number of hydrazone groups is 1. The lowest BCUT2D eigenvalue weighted by Gasteiger charge is -2.20. The molecule has 5 rings (SSSR count). The number of aliphatic imine (C=N–C) groups is 1. The topological polar surface area (TPSA) is 96.6 Å². The number of nitrogens with zero attached hydrogens (tertiary/aromatic N) is 3. The number of thioether (sulfide) groups is 1. The van der Waals surface area contributed by atoms with E-state index in [-0.39, 0.29) is 11.4 Å². The van der Waals surface area contributed by atoms with Crippen LogP contribution in [0.2, 0.25) is 0 Å². The quantitative estimate of drug-likeness (QED) is 0.259. The highest BCUT2D eigenvalue weighted by Crippen LogP contribution is 2.38. The molecule has 0 saturated heterocycles. The van der Waals surface area contributed by atoms with Crippen LogP contribution < -0.4 is 14.2 Å². The van der Waals surface area contributed by atoms with Crippen molar-refractivity contribution in [2.75, 3.05) is 20.3 Å². The number of para-hydroxylation sites is 1. The van der Waals surface area contributed by atoms with Crippen LogP contribution in [0, 0.1) is 12.3 Å². The van der Waals surface area contributed by atoms with E-state index >= 15 is 0 Å². The minimum atomic E-state index is -0.498. The number of amides is 1. The van der Waals surface area contributed by atoms with Gasteiger partial charge in [0.2, 0.25) is 5.17 Å². The van der Waals surface area contributed by atoms with E-state index in [0.717, 1.165) is 16.9 Å². The minimum Gasteiger partial charge on any atom is -0.493 e. The number of methoxy groups -OCH3 is 1. The first kappa shape index (κ1) is 25.7. The highest BCUT2D eigenvalue weighted by Gasteiger charge is 2.36.